The van der Waals surface area contributed by atoms with E-state index < -0.39 is 41.2 Å². The first kappa shape index (κ1) is 24.3. The van der Waals surface area contributed by atoms with Crippen molar-refractivity contribution in [1.82, 2.24) is 0 Å². The zero-order valence-electron chi connectivity index (χ0n) is 16.2. The normalized spacial score (nSPS) is 16.3. The maximum atomic E-state index is 13.5. The molecule has 1 aliphatic heterocycles. The third kappa shape index (κ3) is 6.74. The van der Waals surface area contributed by atoms with Gasteiger partial charge in [0.15, 0.2) is 0 Å². The van der Waals surface area contributed by atoms with Crippen LogP contribution >= 0.6 is 11.6 Å². The first-order chi connectivity index (χ1) is 14.4. The van der Waals surface area contributed by atoms with Gasteiger partial charge >= 0.3 is 18.1 Å². The van der Waals surface area contributed by atoms with Crippen LogP contribution in [0.4, 0.5) is 13.2 Å². The summed E-state index contributed by atoms with van der Waals surface area (Å²) in [4.78, 5) is 38.1. The van der Waals surface area contributed by atoms with Crippen molar-refractivity contribution >= 4 is 29.6 Å². The summed E-state index contributed by atoms with van der Waals surface area (Å²) in [6, 6.07) is 2.75. The molecule has 0 radical (unpaired) electrons. The third-order valence-electron chi connectivity index (χ3n) is 3.92. The molecule has 1 aromatic carbocycles. The summed E-state index contributed by atoms with van der Waals surface area (Å²) in [5.74, 6) is -2.36. The molecule has 2 rings (SSSR count). The molecule has 0 N–H and O–H groups in total. The minimum Gasteiger partial charge on any atom is -0.475 e. The molecule has 2 unspecified atom stereocenters. The summed E-state index contributed by atoms with van der Waals surface area (Å²) < 4.78 is 55.1. The Morgan fingerprint density at radius 1 is 1.32 bits per heavy atom. The molecular weight excluding hydrogens is 451 g/mol. The topological polar surface area (TPSA) is 114 Å². The Morgan fingerprint density at radius 2 is 2.00 bits per heavy atom. The van der Waals surface area contributed by atoms with Crippen molar-refractivity contribution in [2.45, 2.75) is 45.3 Å². The Morgan fingerprint density at radius 3 is 2.61 bits per heavy atom. The van der Waals surface area contributed by atoms with Crippen molar-refractivity contribution in [3.63, 3.8) is 0 Å². The van der Waals surface area contributed by atoms with Gasteiger partial charge in [0.25, 0.3) is 5.09 Å². The molecule has 0 saturated carbocycles. The number of aryl methyl sites for hydroxylation is 1. The second-order valence-electron chi connectivity index (χ2n) is 6.40. The Kier molecular flexibility index (Phi) is 7.71. The van der Waals surface area contributed by atoms with Gasteiger partial charge in [-0.1, -0.05) is 11.6 Å². The zero-order valence-corrected chi connectivity index (χ0v) is 17.0. The minimum absolute atomic E-state index is 0.0491. The number of rotatable bonds is 8. The van der Waals surface area contributed by atoms with Crippen LogP contribution in [-0.2, 0) is 23.9 Å². The molecule has 1 heterocycles. The molecule has 0 fully saturated rings. The molecule has 0 aliphatic carbocycles. The number of benzene rings is 1. The number of hydrogen-bond acceptors (Lipinski definition) is 8. The summed E-state index contributed by atoms with van der Waals surface area (Å²) in [6.45, 7) is 2.29. The first-order valence-corrected chi connectivity index (χ1v) is 9.19. The molecular formula is C18H17ClF3NO8. The van der Waals surface area contributed by atoms with E-state index in [1.807, 2.05) is 0 Å². The van der Waals surface area contributed by atoms with Crippen LogP contribution in [0.15, 0.2) is 17.7 Å². The van der Waals surface area contributed by atoms with Gasteiger partial charge in [0.1, 0.15) is 5.75 Å². The van der Waals surface area contributed by atoms with E-state index in [1.165, 1.54) is 19.1 Å². The predicted molar refractivity (Wildman–Crippen MR) is 98.5 cm³/mol. The number of alkyl halides is 3. The molecule has 1 aromatic rings. The summed E-state index contributed by atoms with van der Waals surface area (Å²) in [5.41, 5.74) is -0.333. The summed E-state index contributed by atoms with van der Waals surface area (Å²) in [5, 5.41) is 9.22. The van der Waals surface area contributed by atoms with Gasteiger partial charge in [-0.15, -0.1) is 10.1 Å². The highest BCUT2D eigenvalue weighted by Gasteiger charge is 2.49. The quantitative estimate of drug-likeness (QED) is 0.186. The van der Waals surface area contributed by atoms with E-state index in [0.29, 0.717) is 5.56 Å². The van der Waals surface area contributed by atoms with Crippen LogP contribution in [0.1, 0.15) is 30.9 Å². The number of carbonyl (C=O) groups excluding carboxylic acids is 2. The van der Waals surface area contributed by atoms with Gasteiger partial charge in [0.2, 0.25) is 12.4 Å². The van der Waals surface area contributed by atoms with Crippen LogP contribution < -0.4 is 4.74 Å². The van der Waals surface area contributed by atoms with E-state index in [1.54, 1.807) is 0 Å². The first-order valence-electron chi connectivity index (χ1n) is 8.81. The van der Waals surface area contributed by atoms with Gasteiger partial charge in [-0.05, 0) is 37.1 Å². The van der Waals surface area contributed by atoms with Crippen molar-refractivity contribution in [2.24, 2.45) is 0 Å². The van der Waals surface area contributed by atoms with Gasteiger partial charge in [0, 0.05) is 23.9 Å². The van der Waals surface area contributed by atoms with Crippen molar-refractivity contribution in [3.05, 3.63) is 44.0 Å². The Hall–Kier alpha value is -3.02. The Balaban J connectivity index is 2.09. The second kappa shape index (κ2) is 9.86. The highest BCUT2D eigenvalue weighted by molar-refractivity contribution is 6.30. The minimum atomic E-state index is -4.93. The summed E-state index contributed by atoms with van der Waals surface area (Å²) >= 11 is 5.92. The molecule has 31 heavy (non-hydrogen) atoms. The van der Waals surface area contributed by atoms with Gasteiger partial charge in [-0.2, -0.15) is 13.2 Å². The van der Waals surface area contributed by atoms with E-state index in [9.17, 15) is 32.9 Å². The number of ether oxygens (including phenoxy) is 3. The third-order valence-corrected chi connectivity index (χ3v) is 4.14. The Labute approximate surface area is 178 Å². The van der Waals surface area contributed by atoms with Crippen LogP contribution in [0.3, 0.4) is 0 Å². The number of esters is 2. The average Bonchev–Trinajstić information content (AvgIpc) is 2.63. The highest BCUT2D eigenvalue weighted by Crippen LogP contribution is 2.40. The lowest BCUT2D eigenvalue weighted by molar-refractivity contribution is -0.757. The van der Waals surface area contributed by atoms with E-state index in [2.05, 4.69) is 4.84 Å². The second-order valence-corrected chi connectivity index (χ2v) is 6.84. The van der Waals surface area contributed by atoms with Crippen LogP contribution in [0.25, 0.3) is 6.08 Å². The van der Waals surface area contributed by atoms with E-state index in [4.69, 9.17) is 25.8 Å². The maximum Gasteiger partial charge on any atom is 0.430 e. The van der Waals surface area contributed by atoms with Crippen LogP contribution in [0.2, 0.25) is 5.02 Å². The molecule has 13 heteroatoms. The fraction of sp³-hybridized carbons (Fsp3) is 0.444. The predicted octanol–water partition coefficient (Wildman–Crippen LogP) is 3.78. The van der Waals surface area contributed by atoms with Crippen LogP contribution in [0.5, 0.6) is 5.75 Å². The van der Waals surface area contributed by atoms with Gasteiger partial charge in [-0.3, -0.25) is 4.79 Å². The fourth-order valence-electron chi connectivity index (χ4n) is 2.70. The van der Waals surface area contributed by atoms with Crippen molar-refractivity contribution in [2.75, 3.05) is 6.61 Å². The molecule has 0 saturated heterocycles. The largest absolute Gasteiger partial charge is 0.475 e. The monoisotopic (exact) mass is 467 g/mol. The fourth-order valence-corrected chi connectivity index (χ4v) is 2.98. The highest BCUT2D eigenvalue weighted by atomic mass is 35.5. The Bertz CT molecular complexity index is 903. The van der Waals surface area contributed by atoms with Gasteiger partial charge in [0.05, 0.1) is 12.2 Å². The molecule has 170 valence electrons. The average molecular weight is 468 g/mol. The number of nitrogens with zero attached hydrogens (tertiary/aromatic N) is 1. The van der Waals surface area contributed by atoms with Crippen molar-refractivity contribution in [3.8, 4) is 5.75 Å². The standard InChI is InChI=1S/C18H17ClF3NO8/c1-9-6-12(19)7-11-8-13(16(18(20,21)22)31-15(9)11)17(25)30-10(2)29-14(24)4-3-5-28-23(26)27/h6-8,10,16H,3-5H2,1-2H3. The zero-order chi connectivity index (χ0) is 23.3. The van der Waals surface area contributed by atoms with Gasteiger partial charge in [-0.25, -0.2) is 4.79 Å². The van der Waals surface area contributed by atoms with Crippen molar-refractivity contribution < 1.29 is 46.9 Å². The van der Waals surface area contributed by atoms with Crippen molar-refractivity contribution in [1.29, 1.82) is 0 Å². The summed E-state index contributed by atoms with van der Waals surface area (Å²) in [7, 11) is 0. The molecule has 2 atom stereocenters. The number of carbonyl (C=O) groups is 2. The lowest BCUT2D eigenvalue weighted by atomic mass is 9.99. The maximum absolute atomic E-state index is 13.5. The lowest BCUT2D eigenvalue weighted by Crippen LogP contribution is -2.41. The SMILES string of the molecule is Cc1cc(Cl)cc2c1OC(C(F)(F)F)C(C(=O)OC(C)OC(=O)CCCO[N+](=O)[O-])=C2. The van der Waals surface area contributed by atoms with Crippen LogP contribution in [-0.4, -0.2) is 42.2 Å². The molecule has 0 amide bonds. The van der Waals surface area contributed by atoms with E-state index in [0.717, 1.165) is 13.0 Å². The smallest absolute Gasteiger partial charge is 0.430 e. The molecule has 1 aliphatic rings. The molecule has 9 nitrogen and oxygen atoms in total. The number of hydrogen-bond donors (Lipinski definition) is 0. The number of fused-ring (bicyclic) bond motifs is 1. The molecule has 0 bridgehead atoms. The number of halogens is 4. The van der Waals surface area contributed by atoms with Gasteiger partial charge < -0.3 is 19.0 Å². The lowest BCUT2D eigenvalue weighted by Gasteiger charge is -2.29. The summed E-state index contributed by atoms with van der Waals surface area (Å²) in [6.07, 6.45) is -8.42. The molecule has 0 aromatic heterocycles. The van der Waals surface area contributed by atoms with Crippen LogP contribution in [0, 0.1) is 17.0 Å². The molecule has 0 spiro atoms. The van der Waals surface area contributed by atoms with E-state index in [-0.39, 0.29) is 35.8 Å². The van der Waals surface area contributed by atoms with E-state index >= 15 is 0 Å².